The molecule has 0 bridgehead atoms. The van der Waals surface area contributed by atoms with Crippen LogP contribution in [0.1, 0.15) is 25.0 Å². The number of amidine groups is 1. The molecule has 1 N–H and O–H groups in total. The maximum Gasteiger partial charge on any atom is 0.264 e. The summed E-state index contributed by atoms with van der Waals surface area (Å²) in [6, 6.07) is 11.2. The Morgan fingerprint density at radius 3 is 2.58 bits per heavy atom. The first-order valence-electron chi connectivity index (χ1n) is 10.6. The molecule has 1 aliphatic rings. The second kappa shape index (κ2) is 11.8. The first-order chi connectivity index (χ1) is 16.1. The molecule has 0 aliphatic carbocycles. The highest BCUT2D eigenvalue weighted by Gasteiger charge is 2.24. The van der Waals surface area contributed by atoms with Crippen molar-refractivity contribution in [3.05, 3.63) is 65.1 Å². The van der Waals surface area contributed by atoms with E-state index in [1.807, 2.05) is 50.2 Å². The molecule has 6 nitrogen and oxygen atoms in total. The fourth-order valence-electron chi connectivity index (χ4n) is 3.15. The van der Waals surface area contributed by atoms with Gasteiger partial charge < -0.3 is 19.5 Å². The summed E-state index contributed by atoms with van der Waals surface area (Å²) in [6.07, 6.45) is 9.52. The van der Waals surface area contributed by atoms with Gasteiger partial charge in [0.15, 0.2) is 16.7 Å². The normalized spacial score (nSPS) is 15.2. The number of terminal acetylenes is 1. The molecule has 0 aromatic heterocycles. The molecule has 1 heterocycles. The molecule has 0 atom stereocenters. The molecule has 0 radical (unpaired) electrons. The van der Waals surface area contributed by atoms with Crippen molar-refractivity contribution in [2.45, 2.75) is 20.3 Å². The van der Waals surface area contributed by atoms with Gasteiger partial charge in [-0.2, -0.15) is 0 Å². The highest BCUT2D eigenvalue weighted by Crippen LogP contribution is 2.36. The average molecular weight is 463 g/mol. The van der Waals surface area contributed by atoms with Crippen molar-refractivity contribution < 1.29 is 19.0 Å². The molecule has 3 rings (SSSR count). The first kappa shape index (κ1) is 24.0. The van der Waals surface area contributed by atoms with Crippen LogP contribution >= 0.6 is 11.8 Å². The number of aliphatic imine (C=N–C) groups is 1. The third kappa shape index (κ3) is 6.43. The van der Waals surface area contributed by atoms with Crippen molar-refractivity contribution >= 4 is 34.6 Å². The number of carbonyl (C=O) groups excluding carboxylic acids is 1. The van der Waals surface area contributed by atoms with Gasteiger partial charge in [-0.3, -0.25) is 4.79 Å². The summed E-state index contributed by atoms with van der Waals surface area (Å²) < 4.78 is 17.0. The summed E-state index contributed by atoms with van der Waals surface area (Å²) in [6.45, 7) is 8.85. The highest BCUT2D eigenvalue weighted by molar-refractivity contribution is 8.18. The molecule has 1 fully saturated rings. The van der Waals surface area contributed by atoms with Crippen LogP contribution in [-0.2, 0) is 11.2 Å². The first-order valence-corrected chi connectivity index (χ1v) is 11.4. The predicted molar refractivity (Wildman–Crippen MR) is 134 cm³/mol. The predicted octanol–water partition coefficient (Wildman–Crippen LogP) is 5.12. The Bertz CT molecular complexity index is 1110. The number of amides is 1. The number of hydrogen-bond donors (Lipinski definition) is 1. The Balaban J connectivity index is 1.87. The van der Waals surface area contributed by atoms with E-state index in [2.05, 4.69) is 22.8 Å². The lowest BCUT2D eigenvalue weighted by molar-refractivity contribution is -0.115. The fraction of sp³-hybridized carbons (Fsp3) is 0.231. The molecule has 1 saturated heterocycles. The number of hydrogen-bond acceptors (Lipinski definition) is 6. The van der Waals surface area contributed by atoms with E-state index in [0.29, 0.717) is 41.2 Å². The topological polar surface area (TPSA) is 69.2 Å². The van der Waals surface area contributed by atoms with Gasteiger partial charge in [0.25, 0.3) is 5.91 Å². The molecule has 0 spiro atoms. The highest BCUT2D eigenvalue weighted by atomic mass is 32.2. The Kier molecular flexibility index (Phi) is 8.62. The number of nitrogens with one attached hydrogen (secondary N) is 1. The van der Waals surface area contributed by atoms with Crippen molar-refractivity contribution in [3.63, 3.8) is 0 Å². The molecule has 2 aromatic rings. The second-order valence-corrected chi connectivity index (χ2v) is 7.87. The largest absolute Gasteiger partial charge is 0.494 e. The van der Waals surface area contributed by atoms with Gasteiger partial charge >= 0.3 is 0 Å². The van der Waals surface area contributed by atoms with E-state index in [9.17, 15) is 4.79 Å². The fourth-order valence-corrected chi connectivity index (χ4v) is 3.99. The zero-order valence-corrected chi connectivity index (χ0v) is 19.5. The van der Waals surface area contributed by atoms with E-state index in [0.717, 1.165) is 22.6 Å². The van der Waals surface area contributed by atoms with E-state index < -0.39 is 0 Å². The van der Waals surface area contributed by atoms with E-state index in [4.69, 9.17) is 20.6 Å². The Morgan fingerprint density at radius 1 is 1.15 bits per heavy atom. The summed E-state index contributed by atoms with van der Waals surface area (Å²) in [5.74, 6) is 4.22. The molecular formula is C26H26N2O4S. The number of benzene rings is 2. The quantitative estimate of drug-likeness (QED) is 0.302. The third-order valence-electron chi connectivity index (χ3n) is 4.45. The standard InChI is InChI=1S/C26H26N2O4S/c1-5-9-19-15-18(16-22(31-8-4)24(19)32-14-6-2)17-23-25(29)28-26(33-23)27-20-10-12-21(13-11-20)30-7-3/h2,5,10-13,15-17H,1,7-9,14H2,3-4H3,(H,27,28,29)/b23-17+. The van der Waals surface area contributed by atoms with Gasteiger partial charge in [0.2, 0.25) is 0 Å². The van der Waals surface area contributed by atoms with Gasteiger partial charge in [0.1, 0.15) is 12.4 Å². The van der Waals surface area contributed by atoms with Crippen LogP contribution in [-0.4, -0.2) is 30.9 Å². The van der Waals surface area contributed by atoms with Crippen molar-refractivity contribution in [3.8, 4) is 29.6 Å². The molecule has 33 heavy (non-hydrogen) atoms. The molecule has 0 saturated carbocycles. The third-order valence-corrected chi connectivity index (χ3v) is 5.35. The molecular weight excluding hydrogens is 436 g/mol. The van der Waals surface area contributed by atoms with E-state index >= 15 is 0 Å². The number of ether oxygens (including phenoxy) is 3. The number of nitrogens with zero attached hydrogens (tertiary/aromatic N) is 1. The summed E-state index contributed by atoms with van der Waals surface area (Å²) in [5.41, 5.74) is 2.41. The molecule has 0 unspecified atom stereocenters. The lowest BCUT2D eigenvalue weighted by atomic mass is 10.0. The number of allylic oxidation sites excluding steroid dienone is 1. The Morgan fingerprint density at radius 2 is 1.91 bits per heavy atom. The van der Waals surface area contributed by atoms with Crippen LogP contribution in [0.5, 0.6) is 17.2 Å². The minimum absolute atomic E-state index is 0.133. The van der Waals surface area contributed by atoms with Crippen LogP contribution in [0, 0.1) is 12.3 Å². The number of rotatable bonds is 10. The van der Waals surface area contributed by atoms with Crippen molar-refractivity contribution in [2.24, 2.45) is 4.99 Å². The van der Waals surface area contributed by atoms with E-state index in [-0.39, 0.29) is 12.5 Å². The molecule has 170 valence electrons. The van der Waals surface area contributed by atoms with Gasteiger partial charge in [-0.1, -0.05) is 12.0 Å². The maximum atomic E-state index is 12.6. The van der Waals surface area contributed by atoms with Crippen LogP contribution < -0.4 is 19.5 Å². The SMILES string of the molecule is C#CCOc1c(CC=C)cc(/C=C2/SC(=Nc3ccc(OCC)cc3)NC2=O)cc1OCC. The average Bonchev–Trinajstić information content (AvgIpc) is 3.13. The lowest BCUT2D eigenvalue weighted by Gasteiger charge is -2.15. The second-order valence-electron chi connectivity index (χ2n) is 6.83. The van der Waals surface area contributed by atoms with Gasteiger partial charge in [0, 0.05) is 5.56 Å². The van der Waals surface area contributed by atoms with Crippen LogP contribution in [0.15, 0.2) is 59.0 Å². The molecule has 1 aliphatic heterocycles. The number of thioether (sulfide) groups is 1. The van der Waals surface area contributed by atoms with Crippen LogP contribution in [0.25, 0.3) is 6.08 Å². The Labute approximate surface area is 198 Å². The van der Waals surface area contributed by atoms with E-state index in [1.54, 1.807) is 12.2 Å². The van der Waals surface area contributed by atoms with Gasteiger partial charge in [0.05, 0.1) is 23.8 Å². The lowest BCUT2D eigenvalue weighted by Crippen LogP contribution is -2.19. The number of carbonyl (C=O) groups is 1. The molecule has 7 heteroatoms. The zero-order chi connectivity index (χ0) is 23.6. The molecule has 1 amide bonds. The zero-order valence-electron chi connectivity index (χ0n) is 18.7. The summed E-state index contributed by atoms with van der Waals surface area (Å²) in [7, 11) is 0. The van der Waals surface area contributed by atoms with Crippen LogP contribution in [0.4, 0.5) is 5.69 Å². The van der Waals surface area contributed by atoms with Crippen LogP contribution in [0.2, 0.25) is 0 Å². The monoisotopic (exact) mass is 462 g/mol. The smallest absolute Gasteiger partial charge is 0.264 e. The van der Waals surface area contributed by atoms with Crippen molar-refractivity contribution in [2.75, 3.05) is 19.8 Å². The summed E-state index contributed by atoms with van der Waals surface area (Å²) >= 11 is 1.28. The Hall–Kier alpha value is -3.63. The van der Waals surface area contributed by atoms with Crippen molar-refractivity contribution in [1.82, 2.24) is 5.32 Å². The van der Waals surface area contributed by atoms with Gasteiger partial charge in [-0.05, 0) is 80.1 Å². The van der Waals surface area contributed by atoms with Crippen molar-refractivity contribution in [1.29, 1.82) is 0 Å². The van der Waals surface area contributed by atoms with Crippen LogP contribution in [0.3, 0.4) is 0 Å². The molecule has 2 aromatic carbocycles. The summed E-state index contributed by atoms with van der Waals surface area (Å²) in [4.78, 5) is 17.6. The van der Waals surface area contributed by atoms with Gasteiger partial charge in [-0.25, -0.2) is 4.99 Å². The van der Waals surface area contributed by atoms with Gasteiger partial charge in [-0.15, -0.1) is 13.0 Å². The van der Waals surface area contributed by atoms with E-state index in [1.165, 1.54) is 11.8 Å². The summed E-state index contributed by atoms with van der Waals surface area (Å²) in [5, 5.41) is 3.33. The minimum Gasteiger partial charge on any atom is -0.494 e. The minimum atomic E-state index is -0.208. The maximum absolute atomic E-state index is 12.6.